The zero-order valence-electron chi connectivity index (χ0n) is 11.5. The number of benzene rings is 1. The summed E-state index contributed by atoms with van der Waals surface area (Å²) < 4.78 is 0. The average Bonchev–Trinajstić information content (AvgIpc) is 2.37. The molecular weight excluding hydrogens is 244 g/mol. The molecule has 0 saturated carbocycles. The summed E-state index contributed by atoms with van der Waals surface area (Å²) in [6.07, 6.45) is 5.02. The standard InChI is InChI=1S/C15H25ClN2/c1-3-4-5-6-15(11-17)18(2)12-13-7-9-14(16)10-8-13/h7-10,15H,3-6,11-12,17H2,1-2H3. The van der Waals surface area contributed by atoms with Gasteiger partial charge in [-0.05, 0) is 31.2 Å². The molecule has 18 heavy (non-hydrogen) atoms. The summed E-state index contributed by atoms with van der Waals surface area (Å²) in [6.45, 7) is 3.90. The van der Waals surface area contributed by atoms with Crippen molar-refractivity contribution in [1.82, 2.24) is 4.90 Å². The molecule has 0 amide bonds. The summed E-state index contributed by atoms with van der Waals surface area (Å²) >= 11 is 5.89. The molecule has 1 unspecified atom stereocenters. The Morgan fingerprint density at radius 3 is 2.44 bits per heavy atom. The van der Waals surface area contributed by atoms with E-state index in [4.69, 9.17) is 17.3 Å². The molecule has 0 bridgehead atoms. The fourth-order valence-corrected chi connectivity index (χ4v) is 2.28. The van der Waals surface area contributed by atoms with Gasteiger partial charge in [0.25, 0.3) is 0 Å². The number of rotatable bonds is 8. The second-order valence-corrected chi connectivity index (χ2v) is 5.36. The Hall–Kier alpha value is -0.570. The van der Waals surface area contributed by atoms with E-state index >= 15 is 0 Å². The quantitative estimate of drug-likeness (QED) is 0.729. The number of unbranched alkanes of at least 4 members (excludes halogenated alkanes) is 2. The summed E-state index contributed by atoms with van der Waals surface area (Å²) in [4.78, 5) is 2.35. The Balaban J connectivity index is 2.45. The van der Waals surface area contributed by atoms with Crippen LogP contribution >= 0.6 is 11.6 Å². The van der Waals surface area contributed by atoms with Crippen LogP contribution in [0.3, 0.4) is 0 Å². The van der Waals surface area contributed by atoms with E-state index in [1.807, 2.05) is 12.1 Å². The van der Waals surface area contributed by atoms with E-state index in [0.29, 0.717) is 6.04 Å². The first kappa shape index (κ1) is 15.5. The van der Waals surface area contributed by atoms with Crippen molar-refractivity contribution in [3.05, 3.63) is 34.9 Å². The SMILES string of the molecule is CCCCCC(CN)N(C)Cc1ccc(Cl)cc1. The van der Waals surface area contributed by atoms with Crippen LogP contribution in [0.4, 0.5) is 0 Å². The molecule has 0 heterocycles. The highest BCUT2D eigenvalue weighted by Crippen LogP contribution is 2.14. The Kier molecular flexibility index (Phi) is 7.33. The van der Waals surface area contributed by atoms with E-state index in [1.165, 1.54) is 31.2 Å². The molecule has 0 fully saturated rings. The van der Waals surface area contributed by atoms with Crippen LogP contribution in [0.25, 0.3) is 0 Å². The van der Waals surface area contributed by atoms with Crippen molar-refractivity contribution >= 4 is 11.6 Å². The van der Waals surface area contributed by atoms with Gasteiger partial charge < -0.3 is 5.73 Å². The van der Waals surface area contributed by atoms with Gasteiger partial charge in [-0.1, -0.05) is 49.9 Å². The topological polar surface area (TPSA) is 29.3 Å². The summed E-state index contributed by atoms with van der Waals surface area (Å²) in [7, 11) is 2.15. The van der Waals surface area contributed by atoms with Crippen molar-refractivity contribution in [3.8, 4) is 0 Å². The largest absolute Gasteiger partial charge is 0.329 e. The van der Waals surface area contributed by atoms with Gasteiger partial charge in [-0.2, -0.15) is 0 Å². The van der Waals surface area contributed by atoms with Crippen LogP contribution in [0, 0.1) is 0 Å². The minimum atomic E-state index is 0.479. The molecule has 3 heteroatoms. The highest BCUT2D eigenvalue weighted by Gasteiger charge is 2.12. The van der Waals surface area contributed by atoms with Crippen molar-refractivity contribution in [2.24, 2.45) is 5.73 Å². The molecule has 0 aliphatic carbocycles. The fraction of sp³-hybridized carbons (Fsp3) is 0.600. The van der Waals surface area contributed by atoms with Crippen LogP contribution in [-0.4, -0.2) is 24.5 Å². The molecule has 1 rings (SSSR count). The van der Waals surface area contributed by atoms with Gasteiger partial charge in [0.2, 0.25) is 0 Å². The molecule has 0 aliphatic rings. The van der Waals surface area contributed by atoms with Crippen LogP contribution in [0.1, 0.15) is 38.2 Å². The van der Waals surface area contributed by atoms with Gasteiger partial charge in [-0.25, -0.2) is 0 Å². The highest BCUT2D eigenvalue weighted by atomic mass is 35.5. The second kappa shape index (κ2) is 8.52. The average molecular weight is 269 g/mol. The van der Waals surface area contributed by atoms with Gasteiger partial charge in [-0.15, -0.1) is 0 Å². The maximum Gasteiger partial charge on any atom is 0.0406 e. The monoisotopic (exact) mass is 268 g/mol. The van der Waals surface area contributed by atoms with Crippen molar-refractivity contribution in [3.63, 3.8) is 0 Å². The first-order valence-electron chi connectivity index (χ1n) is 6.82. The predicted molar refractivity (Wildman–Crippen MR) is 79.9 cm³/mol. The molecule has 1 aromatic carbocycles. The molecule has 0 radical (unpaired) electrons. The number of hydrogen-bond acceptors (Lipinski definition) is 2. The van der Waals surface area contributed by atoms with Crippen LogP contribution < -0.4 is 5.73 Å². The summed E-state index contributed by atoms with van der Waals surface area (Å²) in [6, 6.07) is 8.53. The van der Waals surface area contributed by atoms with Gasteiger partial charge in [0.1, 0.15) is 0 Å². The van der Waals surface area contributed by atoms with Crippen LogP contribution in [0.15, 0.2) is 24.3 Å². The molecule has 2 nitrogen and oxygen atoms in total. The van der Waals surface area contributed by atoms with Gasteiger partial charge in [0.05, 0.1) is 0 Å². The molecule has 102 valence electrons. The van der Waals surface area contributed by atoms with Crippen molar-refractivity contribution in [1.29, 1.82) is 0 Å². The zero-order chi connectivity index (χ0) is 13.4. The van der Waals surface area contributed by atoms with Gasteiger partial charge >= 0.3 is 0 Å². The number of nitrogens with zero attached hydrogens (tertiary/aromatic N) is 1. The van der Waals surface area contributed by atoms with E-state index in [2.05, 4.69) is 31.0 Å². The molecule has 0 aliphatic heterocycles. The number of halogens is 1. The first-order valence-corrected chi connectivity index (χ1v) is 7.20. The lowest BCUT2D eigenvalue weighted by Gasteiger charge is -2.27. The lowest BCUT2D eigenvalue weighted by molar-refractivity contribution is 0.223. The lowest BCUT2D eigenvalue weighted by atomic mass is 10.1. The maximum absolute atomic E-state index is 5.89. The van der Waals surface area contributed by atoms with Crippen LogP contribution in [-0.2, 0) is 6.54 Å². The van der Waals surface area contributed by atoms with Gasteiger partial charge in [0, 0.05) is 24.2 Å². The third kappa shape index (κ3) is 5.38. The summed E-state index contributed by atoms with van der Waals surface area (Å²) in [5, 5.41) is 0.791. The molecule has 1 aromatic rings. The van der Waals surface area contributed by atoms with Crippen LogP contribution in [0.2, 0.25) is 5.02 Å². The Bertz CT molecular complexity index is 324. The molecule has 0 spiro atoms. The minimum Gasteiger partial charge on any atom is -0.329 e. The van der Waals surface area contributed by atoms with Crippen molar-refractivity contribution in [2.75, 3.05) is 13.6 Å². The zero-order valence-corrected chi connectivity index (χ0v) is 12.3. The molecule has 2 N–H and O–H groups in total. The first-order chi connectivity index (χ1) is 8.67. The molecule has 1 atom stereocenters. The molecule has 0 saturated heterocycles. The third-order valence-corrected chi connectivity index (χ3v) is 3.63. The summed E-state index contributed by atoms with van der Waals surface area (Å²) in [5.41, 5.74) is 7.16. The number of nitrogens with two attached hydrogens (primary N) is 1. The Morgan fingerprint density at radius 1 is 1.22 bits per heavy atom. The van der Waals surface area contributed by atoms with Crippen molar-refractivity contribution in [2.45, 2.75) is 45.2 Å². The molecule has 0 aromatic heterocycles. The van der Waals surface area contributed by atoms with E-state index in [1.54, 1.807) is 0 Å². The van der Waals surface area contributed by atoms with E-state index < -0.39 is 0 Å². The Labute approximate surface area is 116 Å². The van der Waals surface area contributed by atoms with E-state index in [0.717, 1.165) is 18.1 Å². The number of likely N-dealkylation sites (N-methyl/N-ethyl adjacent to an activating group) is 1. The smallest absolute Gasteiger partial charge is 0.0406 e. The predicted octanol–water partition coefficient (Wildman–Crippen LogP) is 3.68. The normalized spacial score (nSPS) is 12.9. The number of hydrogen-bond donors (Lipinski definition) is 1. The van der Waals surface area contributed by atoms with E-state index in [9.17, 15) is 0 Å². The van der Waals surface area contributed by atoms with E-state index in [-0.39, 0.29) is 0 Å². The van der Waals surface area contributed by atoms with Crippen LogP contribution in [0.5, 0.6) is 0 Å². The molecular formula is C15H25ClN2. The maximum atomic E-state index is 5.89. The van der Waals surface area contributed by atoms with Crippen molar-refractivity contribution < 1.29 is 0 Å². The second-order valence-electron chi connectivity index (χ2n) is 4.93. The lowest BCUT2D eigenvalue weighted by Crippen LogP contribution is -2.37. The highest BCUT2D eigenvalue weighted by molar-refractivity contribution is 6.30. The fourth-order valence-electron chi connectivity index (χ4n) is 2.16. The minimum absolute atomic E-state index is 0.479. The van der Waals surface area contributed by atoms with Gasteiger partial charge in [-0.3, -0.25) is 4.90 Å². The van der Waals surface area contributed by atoms with Gasteiger partial charge in [0.15, 0.2) is 0 Å². The third-order valence-electron chi connectivity index (χ3n) is 3.38. The summed E-state index contributed by atoms with van der Waals surface area (Å²) in [5.74, 6) is 0. The Morgan fingerprint density at radius 2 is 1.89 bits per heavy atom.